The summed E-state index contributed by atoms with van der Waals surface area (Å²) in [5, 5.41) is 0. The predicted octanol–water partition coefficient (Wildman–Crippen LogP) is 1.24. The van der Waals surface area contributed by atoms with Crippen molar-refractivity contribution < 1.29 is 12.8 Å². The number of sulfonamides is 1. The van der Waals surface area contributed by atoms with Gasteiger partial charge in [-0.3, -0.25) is 0 Å². The number of hydrogen-bond acceptors (Lipinski definition) is 3. The van der Waals surface area contributed by atoms with Crippen LogP contribution in [0.5, 0.6) is 0 Å². The van der Waals surface area contributed by atoms with Crippen LogP contribution in [0.1, 0.15) is 12.0 Å². The number of halogens is 1. The molecular weight excluding hydrogens is 255 g/mol. The summed E-state index contributed by atoms with van der Waals surface area (Å²) < 4.78 is 39.5. The number of nitrogens with zero attached hydrogens (tertiary/aromatic N) is 1. The van der Waals surface area contributed by atoms with Gasteiger partial charge in [-0.2, -0.15) is 4.31 Å². The van der Waals surface area contributed by atoms with E-state index in [0.29, 0.717) is 18.5 Å². The lowest BCUT2D eigenvalue weighted by atomic mass is 10.2. The van der Waals surface area contributed by atoms with Gasteiger partial charge in [-0.15, -0.1) is 0 Å². The quantitative estimate of drug-likeness (QED) is 0.840. The standard InChI is InChI=1S/C12H15FN2O2S/c13-11-5-4-10(9-14)8-12(11)18(16,17)15-6-2-1-3-7-15/h1-2,4-5,8H,3,6-7,9,14H2. The third kappa shape index (κ3) is 2.45. The van der Waals surface area contributed by atoms with Gasteiger partial charge in [0, 0.05) is 19.6 Å². The van der Waals surface area contributed by atoms with E-state index in [9.17, 15) is 12.8 Å². The molecule has 0 saturated heterocycles. The van der Waals surface area contributed by atoms with Gasteiger partial charge in [-0.05, 0) is 24.1 Å². The lowest BCUT2D eigenvalue weighted by molar-refractivity contribution is 0.432. The van der Waals surface area contributed by atoms with E-state index in [0.717, 1.165) is 6.07 Å². The Labute approximate surface area is 106 Å². The average Bonchev–Trinajstić information content (AvgIpc) is 2.40. The second-order valence-corrected chi connectivity index (χ2v) is 6.00. The van der Waals surface area contributed by atoms with E-state index in [1.165, 1.54) is 16.4 Å². The molecule has 0 amide bonds. The van der Waals surface area contributed by atoms with Crippen LogP contribution in [0.25, 0.3) is 0 Å². The molecule has 0 atom stereocenters. The van der Waals surface area contributed by atoms with Gasteiger partial charge in [0.1, 0.15) is 10.7 Å². The molecule has 6 heteroatoms. The molecule has 1 heterocycles. The molecule has 0 unspecified atom stereocenters. The summed E-state index contributed by atoms with van der Waals surface area (Å²) in [6.45, 7) is 0.850. The minimum absolute atomic E-state index is 0.183. The fraction of sp³-hybridized carbons (Fsp3) is 0.333. The van der Waals surface area contributed by atoms with Crippen LogP contribution >= 0.6 is 0 Å². The molecule has 1 aromatic carbocycles. The fourth-order valence-corrected chi connectivity index (χ4v) is 3.37. The Morgan fingerprint density at radius 2 is 2.11 bits per heavy atom. The highest BCUT2D eigenvalue weighted by Crippen LogP contribution is 2.22. The molecule has 1 aliphatic rings. The second-order valence-electron chi connectivity index (χ2n) is 4.09. The lowest BCUT2D eigenvalue weighted by Crippen LogP contribution is -2.34. The van der Waals surface area contributed by atoms with Crippen LogP contribution in [0, 0.1) is 5.82 Å². The Balaban J connectivity index is 2.43. The van der Waals surface area contributed by atoms with Crippen LogP contribution < -0.4 is 5.73 Å². The topological polar surface area (TPSA) is 63.4 Å². The maximum Gasteiger partial charge on any atom is 0.246 e. The first kappa shape index (κ1) is 13.2. The van der Waals surface area contributed by atoms with E-state index in [-0.39, 0.29) is 18.0 Å². The van der Waals surface area contributed by atoms with Gasteiger partial charge in [0.25, 0.3) is 0 Å². The van der Waals surface area contributed by atoms with Crippen molar-refractivity contribution in [1.82, 2.24) is 4.31 Å². The fourth-order valence-electron chi connectivity index (χ4n) is 1.85. The first-order valence-electron chi connectivity index (χ1n) is 5.69. The van der Waals surface area contributed by atoms with Crippen molar-refractivity contribution in [2.75, 3.05) is 13.1 Å². The second kappa shape index (κ2) is 5.17. The molecule has 18 heavy (non-hydrogen) atoms. The Morgan fingerprint density at radius 1 is 1.33 bits per heavy atom. The predicted molar refractivity (Wildman–Crippen MR) is 66.8 cm³/mol. The number of nitrogens with two attached hydrogens (primary N) is 1. The number of benzene rings is 1. The minimum Gasteiger partial charge on any atom is -0.326 e. The van der Waals surface area contributed by atoms with Gasteiger partial charge in [-0.25, -0.2) is 12.8 Å². The van der Waals surface area contributed by atoms with Crippen LogP contribution in [-0.4, -0.2) is 25.8 Å². The Hall–Kier alpha value is -1.24. The molecule has 2 N–H and O–H groups in total. The van der Waals surface area contributed by atoms with E-state index in [4.69, 9.17) is 5.73 Å². The van der Waals surface area contributed by atoms with Gasteiger partial charge in [0.15, 0.2) is 0 Å². The van der Waals surface area contributed by atoms with E-state index in [1.54, 1.807) is 6.08 Å². The Kier molecular flexibility index (Phi) is 3.79. The Morgan fingerprint density at radius 3 is 2.72 bits per heavy atom. The average molecular weight is 270 g/mol. The maximum atomic E-state index is 13.7. The first-order valence-corrected chi connectivity index (χ1v) is 7.13. The summed E-state index contributed by atoms with van der Waals surface area (Å²) in [6, 6.07) is 3.95. The molecule has 0 radical (unpaired) electrons. The molecule has 2 rings (SSSR count). The third-order valence-electron chi connectivity index (χ3n) is 2.87. The van der Waals surface area contributed by atoms with Crippen LogP contribution in [-0.2, 0) is 16.6 Å². The molecule has 0 bridgehead atoms. The van der Waals surface area contributed by atoms with Crippen LogP contribution in [0.3, 0.4) is 0 Å². The lowest BCUT2D eigenvalue weighted by Gasteiger charge is -2.23. The smallest absolute Gasteiger partial charge is 0.246 e. The summed E-state index contributed by atoms with van der Waals surface area (Å²) in [6.07, 6.45) is 4.34. The van der Waals surface area contributed by atoms with Crippen molar-refractivity contribution in [2.45, 2.75) is 17.9 Å². The van der Waals surface area contributed by atoms with Crippen LogP contribution in [0.15, 0.2) is 35.2 Å². The van der Waals surface area contributed by atoms with E-state index in [2.05, 4.69) is 0 Å². The largest absolute Gasteiger partial charge is 0.326 e. The Bertz CT molecular complexity index is 569. The van der Waals surface area contributed by atoms with Gasteiger partial charge in [-0.1, -0.05) is 18.2 Å². The molecule has 0 spiro atoms. The molecule has 4 nitrogen and oxygen atoms in total. The molecule has 0 aromatic heterocycles. The van der Waals surface area contributed by atoms with Crippen LogP contribution in [0.2, 0.25) is 0 Å². The molecule has 1 aliphatic heterocycles. The zero-order valence-electron chi connectivity index (χ0n) is 9.84. The number of rotatable bonds is 3. The first-order chi connectivity index (χ1) is 8.55. The molecule has 0 fully saturated rings. The van der Waals surface area contributed by atoms with Gasteiger partial charge >= 0.3 is 0 Å². The van der Waals surface area contributed by atoms with Gasteiger partial charge in [0.05, 0.1) is 0 Å². The molecule has 0 aliphatic carbocycles. The van der Waals surface area contributed by atoms with Gasteiger partial charge < -0.3 is 5.73 Å². The summed E-state index contributed by atoms with van der Waals surface area (Å²) in [5.74, 6) is -0.734. The van der Waals surface area contributed by atoms with E-state index >= 15 is 0 Å². The van der Waals surface area contributed by atoms with Crippen molar-refractivity contribution >= 4 is 10.0 Å². The van der Waals surface area contributed by atoms with Gasteiger partial charge in [0.2, 0.25) is 10.0 Å². The summed E-state index contributed by atoms with van der Waals surface area (Å²) in [4.78, 5) is -0.291. The highest BCUT2D eigenvalue weighted by atomic mass is 32.2. The highest BCUT2D eigenvalue weighted by molar-refractivity contribution is 7.89. The van der Waals surface area contributed by atoms with Crippen molar-refractivity contribution in [3.8, 4) is 0 Å². The van der Waals surface area contributed by atoms with Crippen LogP contribution in [0.4, 0.5) is 4.39 Å². The summed E-state index contributed by atoms with van der Waals surface area (Å²) in [7, 11) is -3.77. The zero-order valence-corrected chi connectivity index (χ0v) is 10.7. The zero-order chi connectivity index (χ0) is 13.2. The molecular formula is C12H15FN2O2S. The summed E-state index contributed by atoms with van der Waals surface area (Å²) >= 11 is 0. The summed E-state index contributed by atoms with van der Waals surface area (Å²) in [5.41, 5.74) is 6.05. The van der Waals surface area contributed by atoms with E-state index in [1.807, 2.05) is 6.08 Å². The third-order valence-corrected chi connectivity index (χ3v) is 4.75. The molecule has 1 aromatic rings. The minimum atomic E-state index is -3.77. The normalized spacial score (nSPS) is 17.0. The van der Waals surface area contributed by atoms with Crippen molar-refractivity contribution in [2.24, 2.45) is 5.73 Å². The maximum absolute atomic E-state index is 13.7. The number of hydrogen-bond donors (Lipinski definition) is 1. The van der Waals surface area contributed by atoms with Crippen molar-refractivity contribution in [1.29, 1.82) is 0 Å². The molecule has 98 valence electrons. The molecule has 0 saturated carbocycles. The van der Waals surface area contributed by atoms with E-state index < -0.39 is 15.8 Å². The monoisotopic (exact) mass is 270 g/mol. The van der Waals surface area contributed by atoms with Crippen molar-refractivity contribution in [3.63, 3.8) is 0 Å². The van der Waals surface area contributed by atoms with Crippen molar-refractivity contribution in [3.05, 3.63) is 41.7 Å². The SMILES string of the molecule is NCc1ccc(F)c(S(=O)(=O)N2CC=CCC2)c1. The highest BCUT2D eigenvalue weighted by Gasteiger charge is 2.27.